The van der Waals surface area contributed by atoms with Crippen LogP contribution < -0.4 is 19.5 Å². The van der Waals surface area contributed by atoms with Crippen molar-refractivity contribution in [1.82, 2.24) is 0 Å². The molecule has 24 heavy (non-hydrogen) atoms. The molecule has 5 heteroatoms. The molecule has 2 aromatic carbocycles. The van der Waals surface area contributed by atoms with Crippen LogP contribution in [-0.2, 0) is 0 Å². The lowest BCUT2D eigenvalue weighted by Gasteiger charge is -2.15. The van der Waals surface area contributed by atoms with E-state index in [-0.39, 0.29) is 12.0 Å². The summed E-state index contributed by atoms with van der Waals surface area (Å²) in [6.07, 6.45) is 0.0233. The lowest BCUT2D eigenvalue weighted by Crippen LogP contribution is -2.13. The smallest absolute Gasteiger partial charge is 0.255 e. The van der Waals surface area contributed by atoms with E-state index < -0.39 is 0 Å². The van der Waals surface area contributed by atoms with Gasteiger partial charge in [0, 0.05) is 5.56 Å². The predicted molar refractivity (Wildman–Crippen MR) is 94.4 cm³/mol. The molecule has 0 aliphatic carbocycles. The van der Waals surface area contributed by atoms with Crippen LogP contribution in [0, 0.1) is 6.92 Å². The van der Waals surface area contributed by atoms with Gasteiger partial charge in [-0.05, 0) is 56.7 Å². The van der Waals surface area contributed by atoms with Gasteiger partial charge in [0.2, 0.25) is 0 Å². The van der Waals surface area contributed by atoms with Crippen LogP contribution in [0.15, 0.2) is 36.4 Å². The summed E-state index contributed by atoms with van der Waals surface area (Å²) in [6.45, 7) is 5.82. The number of methoxy groups -OCH3 is 2. The SMILES string of the molecule is COc1ccc(C)cc1NC(=O)c1ccc(OC(C)C)c(OC)c1. The Labute approximate surface area is 142 Å². The van der Waals surface area contributed by atoms with E-state index in [9.17, 15) is 4.79 Å². The van der Waals surface area contributed by atoms with Gasteiger partial charge < -0.3 is 19.5 Å². The van der Waals surface area contributed by atoms with E-state index >= 15 is 0 Å². The number of benzene rings is 2. The van der Waals surface area contributed by atoms with E-state index in [0.29, 0.717) is 28.5 Å². The van der Waals surface area contributed by atoms with Crippen LogP contribution >= 0.6 is 0 Å². The molecule has 0 saturated heterocycles. The Bertz CT molecular complexity index is 725. The number of carbonyl (C=O) groups is 1. The second-order valence-electron chi connectivity index (χ2n) is 5.69. The van der Waals surface area contributed by atoms with E-state index in [1.54, 1.807) is 32.4 Å². The highest BCUT2D eigenvalue weighted by atomic mass is 16.5. The Balaban J connectivity index is 2.25. The third kappa shape index (κ3) is 4.19. The van der Waals surface area contributed by atoms with Gasteiger partial charge in [-0.15, -0.1) is 0 Å². The molecule has 5 nitrogen and oxygen atoms in total. The number of rotatable bonds is 6. The zero-order valence-corrected chi connectivity index (χ0v) is 14.7. The van der Waals surface area contributed by atoms with E-state index in [2.05, 4.69) is 5.32 Å². The summed E-state index contributed by atoms with van der Waals surface area (Å²) in [7, 11) is 3.12. The molecule has 2 aromatic rings. The fourth-order valence-corrected chi connectivity index (χ4v) is 2.27. The summed E-state index contributed by atoms with van der Waals surface area (Å²) >= 11 is 0. The zero-order valence-electron chi connectivity index (χ0n) is 14.7. The molecule has 1 amide bonds. The van der Waals surface area contributed by atoms with Crippen molar-refractivity contribution in [2.45, 2.75) is 26.9 Å². The average molecular weight is 329 g/mol. The van der Waals surface area contributed by atoms with E-state index in [4.69, 9.17) is 14.2 Å². The number of hydrogen-bond donors (Lipinski definition) is 1. The van der Waals surface area contributed by atoms with Crippen molar-refractivity contribution in [1.29, 1.82) is 0 Å². The molecule has 128 valence electrons. The number of ether oxygens (including phenoxy) is 3. The van der Waals surface area contributed by atoms with E-state index in [1.807, 2.05) is 39.0 Å². The molecule has 0 spiro atoms. The quantitative estimate of drug-likeness (QED) is 0.868. The molecule has 0 radical (unpaired) electrons. The van der Waals surface area contributed by atoms with Crippen molar-refractivity contribution in [3.05, 3.63) is 47.5 Å². The van der Waals surface area contributed by atoms with E-state index in [1.165, 1.54) is 0 Å². The minimum Gasteiger partial charge on any atom is -0.495 e. The molecule has 0 aromatic heterocycles. The van der Waals surface area contributed by atoms with Crippen LogP contribution in [0.5, 0.6) is 17.2 Å². The van der Waals surface area contributed by atoms with Crippen LogP contribution in [0.4, 0.5) is 5.69 Å². The number of anilines is 1. The first kappa shape index (κ1) is 17.7. The molecule has 0 saturated carbocycles. The van der Waals surface area contributed by atoms with Crippen molar-refractivity contribution < 1.29 is 19.0 Å². The highest BCUT2D eigenvalue weighted by Crippen LogP contribution is 2.30. The first-order valence-corrected chi connectivity index (χ1v) is 7.75. The van der Waals surface area contributed by atoms with Gasteiger partial charge in [-0.25, -0.2) is 0 Å². The largest absolute Gasteiger partial charge is 0.495 e. The molecule has 0 heterocycles. The lowest BCUT2D eigenvalue weighted by molar-refractivity contribution is 0.102. The maximum Gasteiger partial charge on any atom is 0.255 e. The van der Waals surface area contributed by atoms with Gasteiger partial charge in [0.25, 0.3) is 5.91 Å². The fourth-order valence-electron chi connectivity index (χ4n) is 2.27. The minimum atomic E-state index is -0.242. The number of carbonyl (C=O) groups excluding carboxylic acids is 1. The Morgan fingerprint density at radius 3 is 2.25 bits per heavy atom. The molecule has 0 bridgehead atoms. The lowest BCUT2D eigenvalue weighted by atomic mass is 10.1. The average Bonchev–Trinajstić information content (AvgIpc) is 2.54. The third-order valence-electron chi connectivity index (χ3n) is 3.39. The monoisotopic (exact) mass is 329 g/mol. The van der Waals surface area contributed by atoms with Gasteiger partial charge in [-0.3, -0.25) is 4.79 Å². The molecule has 0 atom stereocenters. The van der Waals surface area contributed by atoms with Gasteiger partial charge >= 0.3 is 0 Å². The molecule has 0 unspecified atom stereocenters. The minimum absolute atomic E-state index is 0.0233. The molecule has 0 fully saturated rings. The van der Waals surface area contributed by atoms with Crippen molar-refractivity contribution in [2.24, 2.45) is 0 Å². The highest BCUT2D eigenvalue weighted by molar-refractivity contribution is 6.05. The second kappa shape index (κ2) is 7.73. The van der Waals surface area contributed by atoms with Crippen molar-refractivity contribution in [2.75, 3.05) is 19.5 Å². The van der Waals surface area contributed by atoms with Crippen LogP contribution in [0.25, 0.3) is 0 Å². The molecule has 1 N–H and O–H groups in total. The van der Waals surface area contributed by atoms with Crippen molar-refractivity contribution in [3.63, 3.8) is 0 Å². The van der Waals surface area contributed by atoms with Crippen molar-refractivity contribution >= 4 is 11.6 Å². The Morgan fingerprint density at radius 2 is 1.62 bits per heavy atom. The number of hydrogen-bond acceptors (Lipinski definition) is 4. The first-order valence-electron chi connectivity index (χ1n) is 7.75. The maximum absolute atomic E-state index is 12.5. The number of nitrogens with one attached hydrogen (secondary N) is 1. The Kier molecular flexibility index (Phi) is 5.68. The van der Waals surface area contributed by atoms with Gasteiger partial charge in [0.1, 0.15) is 5.75 Å². The van der Waals surface area contributed by atoms with Crippen LogP contribution in [0.1, 0.15) is 29.8 Å². The molecular weight excluding hydrogens is 306 g/mol. The topological polar surface area (TPSA) is 56.8 Å². The predicted octanol–water partition coefficient (Wildman–Crippen LogP) is 4.05. The van der Waals surface area contributed by atoms with Gasteiger partial charge in [0.15, 0.2) is 11.5 Å². The summed E-state index contributed by atoms with van der Waals surface area (Å²) in [5, 5.41) is 2.87. The summed E-state index contributed by atoms with van der Waals surface area (Å²) in [5.41, 5.74) is 2.14. The van der Waals surface area contributed by atoms with Gasteiger partial charge in [0.05, 0.1) is 26.0 Å². The molecule has 0 aliphatic heterocycles. The second-order valence-corrected chi connectivity index (χ2v) is 5.69. The normalized spacial score (nSPS) is 10.4. The fraction of sp³-hybridized carbons (Fsp3) is 0.316. The van der Waals surface area contributed by atoms with E-state index in [0.717, 1.165) is 5.56 Å². The number of amides is 1. The summed E-state index contributed by atoms with van der Waals surface area (Å²) in [4.78, 5) is 12.5. The van der Waals surface area contributed by atoms with Gasteiger partial charge in [-0.1, -0.05) is 6.07 Å². The van der Waals surface area contributed by atoms with Crippen LogP contribution in [0.3, 0.4) is 0 Å². The molecule has 2 rings (SSSR count). The Morgan fingerprint density at radius 1 is 0.958 bits per heavy atom. The molecule has 0 aliphatic rings. The van der Waals surface area contributed by atoms with Crippen LogP contribution in [0.2, 0.25) is 0 Å². The zero-order chi connectivity index (χ0) is 17.7. The summed E-state index contributed by atoms with van der Waals surface area (Å²) in [5.74, 6) is 1.50. The number of aryl methyl sites for hydroxylation is 1. The van der Waals surface area contributed by atoms with Crippen molar-refractivity contribution in [3.8, 4) is 17.2 Å². The summed E-state index contributed by atoms with van der Waals surface area (Å²) in [6, 6.07) is 10.7. The summed E-state index contributed by atoms with van der Waals surface area (Å²) < 4.78 is 16.3. The molecular formula is C19H23NO4. The Hall–Kier alpha value is -2.69. The van der Waals surface area contributed by atoms with Crippen LogP contribution in [-0.4, -0.2) is 26.2 Å². The highest BCUT2D eigenvalue weighted by Gasteiger charge is 2.14. The maximum atomic E-state index is 12.5. The first-order chi connectivity index (χ1) is 11.4. The van der Waals surface area contributed by atoms with Gasteiger partial charge in [-0.2, -0.15) is 0 Å². The third-order valence-corrected chi connectivity index (χ3v) is 3.39. The standard InChI is InChI=1S/C19H23NO4/c1-12(2)24-17-9-7-14(11-18(17)23-5)19(21)20-15-10-13(3)6-8-16(15)22-4/h6-12H,1-5H3,(H,20,21).